The maximum atomic E-state index is 12.2. The van der Waals surface area contributed by atoms with E-state index in [0.29, 0.717) is 6.61 Å². The average Bonchev–Trinajstić information content (AvgIpc) is 2.52. The highest BCUT2D eigenvalue weighted by atomic mass is 16.6. The number of likely N-dealkylation sites (N-methyl/N-ethyl adjacent to an activating group) is 1. The average molecular weight is 310 g/mol. The smallest absolute Gasteiger partial charge is 0.339 e. The predicted molar refractivity (Wildman–Crippen MR) is 79.0 cm³/mol. The van der Waals surface area contributed by atoms with Crippen molar-refractivity contribution in [3.63, 3.8) is 0 Å². The Labute approximate surface area is 127 Å². The van der Waals surface area contributed by atoms with Crippen molar-refractivity contribution in [2.24, 2.45) is 0 Å². The second-order valence-electron chi connectivity index (χ2n) is 4.23. The van der Waals surface area contributed by atoms with Crippen LogP contribution in [0.4, 0.5) is 11.4 Å². The molecule has 8 heteroatoms. The van der Waals surface area contributed by atoms with Gasteiger partial charge in [0.05, 0.1) is 23.3 Å². The van der Waals surface area contributed by atoms with Crippen LogP contribution < -0.4 is 4.90 Å². The fourth-order valence-electron chi connectivity index (χ4n) is 1.89. The third-order valence-electron chi connectivity index (χ3n) is 2.94. The number of ether oxygens (including phenoxy) is 2. The van der Waals surface area contributed by atoms with Crippen molar-refractivity contribution in [3.8, 4) is 0 Å². The zero-order valence-electron chi connectivity index (χ0n) is 12.7. The second-order valence-corrected chi connectivity index (χ2v) is 4.23. The number of anilines is 1. The summed E-state index contributed by atoms with van der Waals surface area (Å²) < 4.78 is 9.72. The summed E-state index contributed by atoms with van der Waals surface area (Å²) in [4.78, 5) is 35.6. The standard InChI is InChI=1S/C14H18N2O6/c1-4-15(13(17)9-22-5-2)12-8-10(16(19)20)6-7-11(12)14(18)21-3/h6-8H,4-5,9H2,1-3H3. The summed E-state index contributed by atoms with van der Waals surface area (Å²) in [6.07, 6.45) is 0. The first-order valence-corrected chi connectivity index (χ1v) is 6.71. The third-order valence-corrected chi connectivity index (χ3v) is 2.94. The zero-order chi connectivity index (χ0) is 16.7. The summed E-state index contributed by atoms with van der Waals surface area (Å²) in [5.41, 5.74) is -0.00151. The fraction of sp³-hybridized carbons (Fsp3) is 0.429. The molecule has 0 radical (unpaired) electrons. The maximum absolute atomic E-state index is 12.2. The first kappa shape index (κ1) is 17.6. The van der Waals surface area contributed by atoms with Crippen LogP contribution in [-0.2, 0) is 14.3 Å². The van der Waals surface area contributed by atoms with Gasteiger partial charge >= 0.3 is 5.97 Å². The van der Waals surface area contributed by atoms with Gasteiger partial charge in [-0.15, -0.1) is 0 Å². The molecular formula is C14H18N2O6. The Morgan fingerprint density at radius 1 is 1.32 bits per heavy atom. The summed E-state index contributed by atoms with van der Waals surface area (Å²) in [6.45, 7) is 3.87. The Hall–Kier alpha value is -2.48. The molecule has 0 heterocycles. The molecule has 0 N–H and O–H groups in total. The van der Waals surface area contributed by atoms with Gasteiger partial charge in [0.15, 0.2) is 0 Å². The Morgan fingerprint density at radius 2 is 2.00 bits per heavy atom. The van der Waals surface area contributed by atoms with Crippen LogP contribution >= 0.6 is 0 Å². The molecule has 0 bridgehead atoms. The largest absolute Gasteiger partial charge is 0.465 e. The van der Waals surface area contributed by atoms with Gasteiger partial charge in [-0.05, 0) is 19.9 Å². The van der Waals surface area contributed by atoms with Crippen LogP contribution in [0.15, 0.2) is 18.2 Å². The molecule has 0 saturated heterocycles. The summed E-state index contributed by atoms with van der Waals surface area (Å²) in [6, 6.07) is 3.64. The molecule has 1 aromatic rings. The predicted octanol–water partition coefficient (Wildman–Crippen LogP) is 1.77. The van der Waals surface area contributed by atoms with E-state index < -0.39 is 16.8 Å². The number of nitro benzene ring substituents is 1. The van der Waals surface area contributed by atoms with Crippen molar-refractivity contribution in [1.29, 1.82) is 0 Å². The van der Waals surface area contributed by atoms with Gasteiger partial charge < -0.3 is 14.4 Å². The lowest BCUT2D eigenvalue weighted by molar-refractivity contribution is -0.384. The molecule has 0 spiro atoms. The zero-order valence-corrected chi connectivity index (χ0v) is 12.7. The van der Waals surface area contributed by atoms with Gasteiger partial charge in [-0.3, -0.25) is 14.9 Å². The minimum absolute atomic E-state index is 0.0831. The second kappa shape index (κ2) is 8.08. The van der Waals surface area contributed by atoms with E-state index in [-0.39, 0.29) is 30.1 Å². The van der Waals surface area contributed by atoms with Crippen LogP contribution in [0.2, 0.25) is 0 Å². The number of nitrogens with zero attached hydrogens (tertiary/aromatic N) is 2. The number of carbonyl (C=O) groups is 2. The molecule has 0 aliphatic heterocycles. The van der Waals surface area contributed by atoms with Crippen molar-refractivity contribution in [1.82, 2.24) is 0 Å². The number of rotatable bonds is 7. The summed E-state index contributed by atoms with van der Waals surface area (Å²) in [5.74, 6) is -1.07. The van der Waals surface area contributed by atoms with E-state index in [1.807, 2.05) is 0 Å². The quantitative estimate of drug-likeness (QED) is 0.432. The van der Waals surface area contributed by atoms with E-state index in [0.717, 1.165) is 0 Å². The molecule has 0 aliphatic rings. The molecule has 0 unspecified atom stereocenters. The highest BCUT2D eigenvalue weighted by Crippen LogP contribution is 2.27. The normalized spacial score (nSPS) is 10.1. The van der Waals surface area contributed by atoms with E-state index in [1.54, 1.807) is 13.8 Å². The number of amides is 1. The van der Waals surface area contributed by atoms with E-state index in [4.69, 9.17) is 4.74 Å². The number of esters is 1. The SMILES string of the molecule is CCOCC(=O)N(CC)c1cc([N+](=O)[O-])ccc1C(=O)OC. The first-order chi connectivity index (χ1) is 10.5. The number of non-ortho nitro benzene ring substituents is 1. The number of carbonyl (C=O) groups excluding carboxylic acids is 2. The van der Waals surface area contributed by atoms with E-state index in [1.165, 1.54) is 30.2 Å². The molecule has 1 amide bonds. The summed E-state index contributed by atoms with van der Waals surface area (Å²) in [7, 11) is 1.20. The Bertz CT molecular complexity index is 572. The van der Waals surface area contributed by atoms with Crippen molar-refractivity contribution in [2.45, 2.75) is 13.8 Å². The van der Waals surface area contributed by atoms with Crippen molar-refractivity contribution < 1.29 is 24.0 Å². The number of hydrogen-bond acceptors (Lipinski definition) is 6. The molecule has 0 aromatic heterocycles. The third kappa shape index (κ3) is 4.01. The number of methoxy groups -OCH3 is 1. The van der Waals surface area contributed by atoms with Gasteiger partial charge in [0.2, 0.25) is 0 Å². The van der Waals surface area contributed by atoms with Crippen molar-refractivity contribution in [3.05, 3.63) is 33.9 Å². The number of benzene rings is 1. The molecule has 120 valence electrons. The van der Waals surface area contributed by atoms with Crippen molar-refractivity contribution in [2.75, 3.05) is 31.8 Å². The molecule has 22 heavy (non-hydrogen) atoms. The van der Waals surface area contributed by atoms with Gasteiger partial charge in [0.1, 0.15) is 6.61 Å². The topological polar surface area (TPSA) is 99.0 Å². The number of hydrogen-bond donors (Lipinski definition) is 0. The molecule has 0 atom stereocenters. The van der Waals surface area contributed by atoms with E-state index >= 15 is 0 Å². The molecular weight excluding hydrogens is 292 g/mol. The van der Waals surface area contributed by atoms with Crippen LogP contribution in [0.1, 0.15) is 24.2 Å². The minimum Gasteiger partial charge on any atom is -0.465 e. The summed E-state index contributed by atoms with van der Waals surface area (Å²) >= 11 is 0. The van der Waals surface area contributed by atoms with E-state index in [9.17, 15) is 19.7 Å². The molecule has 0 saturated carbocycles. The Balaban J connectivity index is 3.31. The lowest BCUT2D eigenvalue weighted by Gasteiger charge is -2.22. The van der Waals surface area contributed by atoms with Gasteiger partial charge in [-0.25, -0.2) is 4.79 Å². The first-order valence-electron chi connectivity index (χ1n) is 6.71. The Morgan fingerprint density at radius 3 is 2.50 bits per heavy atom. The highest BCUT2D eigenvalue weighted by Gasteiger charge is 2.24. The Kier molecular flexibility index (Phi) is 6.46. The fourth-order valence-corrected chi connectivity index (χ4v) is 1.89. The van der Waals surface area contributed by atoms with Gasteiger partial charge in [-0.1, -0.05) is 0 Å². The monoisotopic (exact) mass is 310 g/mol. The molecule has 0 fully saturated rings. The van der Waals surface area contributed by atoms with E-state index in [2.05, 4.69) is 4.74 Å². The number of nitro groups is 1. The van der Waals surface area contributed by atoms with Crippen LogP contribution in [0, 0.1) is 10.1 Å². The van der Waals surface area contributed by atoms with Crippen LogP contribution in [-0.4, -0.2) is 43.7 Å². The lowest BCUT2D eigenvalue weighted by Crippen LogP contribution is -2.35. The summed E-state index contributed by atoms with van der Waals surface area (Å²) in [5, 5.41) is 10.9. The maximum Gasteiger partial charge on any atom is 0.339 e. The van der Waals surface area contributed by atoms with Gasteiger partial charge in [0.25, 0.3) is 11.6 Å². The molecule has 1 rings (SSSR count). The van der Waals surface area contributed by atoms with Crippen molar-refractivity contribution >= 4 is 23.3 Å². The van der Waals surface area contributed by atoms with Crippen LogP contribution in [0.5, 0.6) is 0 Å². The van der Waals surface area contributed by atoms with Gasteiger partial charge in [-0.2, -0.15) is 0 Å². The van der Waals surface area contributed by atoms with Crippen LogP contribution in [0.3, 0.4) is 0 Å². The van der Waals surface area contributed by atoms with Gasteiger partial charge in [0, 0.05) is 25.3 Å². The minimum atomic E-state index is -0.674. The van der Waals surface area contributed by atoms with Crippen LogP contribution in [0.25, 0.3) is 0 Å². The molecule has 1 aromatic carbocycles. The molecule has 8 nitrogen and oxygen atoms in total. The highest BCUT2D eigenvalue weighted by molar-refractivity contribution is 6.03. The molecule has 0 aliphatic carbocycles. The lowest BCUT2D eigenvalue weighted by atomic mass is 10.1.